The first-order valence-corrected chi connectivity index (χ1v) is 7.62. The molecule has 3 N–H and O–H groups in total. The highest BCUT2D eigenvalue weighted by molar-refractivity contribution is 5.89. The Kier molecular flexibility index (Phi) is 4.42. The van der Waals surface area contributed by atoms with Crippen LogP contribution < -0.4 is 5.63 Å². The number of aliphatic hydroxyl groups is 1. The maximum atomic E-state index is 11.9. The number of hydrogen-bond donors (Lipinski definition) is 3. The minimum Gasteiger partial charge on any atom is -0.508 e. The molecule has 0 amide bonds. The van der Waals surface area contributed by atoms with Gasteiger partial charge in [0.1, 0.15) is 28.7 Å². The van der Waals surface area contributed by atoms with Crippen LogP contribution in [0.15, 0.2) is 45.6 Å². The molecule has 2 aromatic rings. The van der Waals surface area contributed by atoms with Gasteiger partial charge in [0.15, 0.2) is 0 Å². The highest BCUT2D eigenvalue weighted by Crippen LogP contribution is 2.29. The number of rotatable bonds is 5. The van der Waals surface area contributed by atoms with Crippen molar-refractivity contribution in [2.45, 2.75) is 31.7 Å². The van der Waals surface area contributed by atoms with Gasteiger partial charge in [-0.25, -0.2) is 4.79 Å². The number of phenolic OH excluding ortho intramolecular Hbond substituents is 2. The molecule has 1 saturated heterocycles. The Labute approximate surface area is 137 Å². The van der Waals surface area contributed by atoms with Crippen LogP contribution in [0.5, 0.6) is 11.5 Å². The number of allylic oxidation sites excluding steroid dienone is 2. The molecule has 24 heavy (non-hydrogen) atoms. The zero-order valence-corrected chi connectivity index (χ0v) is 13.0. The fourth-order valence-corrected chi connectivity index (χ4v) is 2.57. The molecule has 126 valence electrons. The van der Waals surface area contributed by atoms with Gasteiger partial charge in [-0.05, 0) is 25.1 Å². The lowest BCUT2D eigenvalue weighted by Crippen LogP contribution is -2.05. The first-order chi connectivity index (χ1) is 11.4. The monoisotopic (exact) mass is 330 g/mol. The molecule has 1 aromatic carbocycles. The molecule has 0 spiro atoms. The minimum atomic E-state index is -0.670. The Morgan fingerprint density at radius 1 is 1.25 bits per heavy atom. The van der Waals surface area contributed by atoms with Gasteiger partial charge in [-0.15, -0.1) is 0 Å². The minimum absolute atomic E-state index is 0.00163. The third-order valence-electron chi connectivity index (χ3n) is 3.71. The molecule has 1 fully saturated rings. The molecule has 2 heterocycles. The molecular formula is C18H18O6. The molecule has 0 bridgehead atoms. The van der Waals surface area contributed by atoms with Crippen LogP contribution in [0.1, 0.15) is 19.1 Å². The van der Waals surface area contributed by atoms with Crippen molar-refractivity contribution in [2.75, 3.05) is 0 Å². The van der Waals surface area contributed by atoms with Gasteiger partial charge in [0.25, 0.3) is 0 Å². The maximum Gasteiger partial charge on any atom is 0.347 e. The fourth-order valence-electron chi connectivity index (χ4n) is 2.57. The van der Waals surface area contributed by atoms with Crippen molar-refractivity contribution in [1.82, 2.24) is 0 Å². The Hall–Kier alpha value is -2.57. The number of ether oxygens (including phenoxy) is 1. The molecule has 3 rings (SSSR count). The van der Waals surface area contributed by atoms with Crippen LogP contribution in [-0.2, 0) is 4.74 Å². The number of fused-ring (bicyclic) bond motifs is 1. The summed E-state index contributed by atoms with van der Waals surface area (Å²) in [5.74, 6) is -0.140. The molecule has 3 atom stereocenters. The predicted molar refractivity (Wildman–Crippen MR) is 88.9 cm³/mol. The third-order valence-corrected chi connectivity index (χ3v) is 3.71. The van der Waals surface area contributed by atoms with Crippen molar-refractivity contribution >= 4 is 16.8 Å². The normalized spacial score (nSPS) is 21.8. The Balaban J connectivity index is 1.73. The van der Waals surface area contributed by atoms with Gasteiger partial charge >= 0.3 is 5.63 Å². The number of benzene rings is 1. The van der Waals surface area contributed by atoms with E-state index in [9.17, 15) is 20.1 Å². The van der Waals surface area contributed by atoms with Gasteiger partial charge in [-0.3, -0.25) is 0 Å². The standard InChI is InChI=1S/C18H18O6/c1-10(19)6-16-15(24-16)5-3-2-4-13-8-11-7-12(20)9-14(21)17(11)18(22)23-13/h2-5,7-10,15-16,19-21H,6H2,1H3/b4-2+,5-3?. The summed E-state index contributed by atoms with van der Waals surface area (Å²) >= 11 is 0. The second-order valence-corrected chi connectivity index (χ2v) is 5.83. The first kappa shape index (κ1) is 16.3. The summed E-state index contributed by atoms with van der Waals surface area (Å²) in [6.45, 7) is 1.72. The van der Waals surface area contributed by atoms with Gasteiger partial charge in [-0.2, -0.15) is 0 Å². The largest absolute Gasteiger partial charge is 0.508 e. The van der Waals surface area contributed by atoms with Crippen molar-refractivity contribution in [3.8, 4) is 11.5 Å². The number of phenols is 2. The van der Waals surface area contributed by atoms with Crippen molar-refractivity contribution < 1.29 is 24.5 Å². The van der Waals surface area contributed by atoms with E-state index in [0.29, 0.717) is 17.6 Å². The highest BCUT2D eigenvalue weighted by Gasteiger charge is 2.36. The second-order valence-electron chi connectivity index (χ2n) is 5.83. The van der Waals surface area contributed by atoms with Gasteiger partial charge in [0, 0.05) is 17.9 Å². The van der Waals surface area contributed by atoms with E-state index >= 15 is 0 Å². The average Bonchev–Trinajstić information content (AvgIpc) is 3.19. The van der Waals surface area contributed by atoms with Crippen molar-refractivity contribution in [3.05, 3.63) is 52.6 Å². The summed E-state index contributed by atoms with van der Waals surface area (Å²) in [6, 6.07) is 4.04. The lowest BCUT2D eigenvalue weighted by Gasteiger charge is -2.01. The topological polar surface area (TPSA) is 103 Å². The average molecular weight is 330 g/mol. The second kappa shape index (κ2) is 6.51. The van der Waals surface area contributed by atoms with Gasteiger partial charge in [0.2, 0.25) is 0 Å². The molecule has 1 aromatic heterocycles. The van der Waals surface area contributed by atoms with Crippen LogP contribution in [0.3, 0.4) is 0 Å². The highest BCUT2D eigenvalue weighted by atomic mass is 16.6. The van der Waals surface area contributed by atoms with Crippen molar-refractivity contribution in [3.63, 3.8) is 0 Å². The lowest BCUT2D eigenvalue weighted by molar-refractivity contribution is 0.170. The summed E-state index contributed by atoms with van der Waals surface area (Å²) < 4.78 is 10.5. The van der Waals surface area contributed by atoms with Crippen LogP contribution in [0.25, 0.3) is 16.8 Å². The number of epoxide rings is 1. The molecule has 0 aliphatic carbocycles. The van der Waals surface area contributed by atoms with E-state index in [1.54, 1.807) is 31.2 Å². The molecule has 1 aliphatic rings. The van der Waals surface area contributed by atoms with Crippen molar-refractivity contribution in [1.29, 1.82) is 0 Å². The molecule has 1 aliphatic heterocycles. The Morgan fingerprint density at radius 2 is 2.04 bits per heavy atom. The third kappa shape index (κ3) is 3.67. The summed E-state index contributed by atoms with van der Waals surface area (Å²) in [5, 5.41) is 28.9. The zero-order chi connectivity index (χ0) is 17.3. The summed E-state index contributed by atoms with van der Waals surface area (Å²) in [5.41, 5.74) is -0.670. The summed E-state index contributed by atoms with van der Waals surface area (Å²) in [4.78, 5) is 11.9. The van der Waals surface area contributed by atoms with Crippen LogP contribution in [-0.4, -0.2) is 33.6 Å². The molecule has 0 radical (unpaired) electrons. The smallest absolute Gasteiger partial charge is 0.347 e. The van der Waals surface area contributed by atoms with E-state index in [0.717, 1.165) is 6.07 Å². The van der Waals surface area contributed by atoms with Crippen LogP contribution >= 0.6 is 0 Å². The summed E-state index contributed by atoms with van der Waals surface area (Å²) in [6.07, 6.45) is 7.21. The van der Waals surface area contributed by atoms with E-state index in [1.807, 2.05) is 6.08 Å². The van der Waals surface area contributed by atoms with Gasteiger partial charge < -0.3 is 24.5 Å². The zero-order valence-electron chi connectivity index (χ0n) is 13.0. The molecular weight excluding hydrogens is 312 g/mol. The SMILES string of the molecule is CC(O)CC1OC1C=C/C=C/c1cc2cc(O)cc(O)c2c(=O)o1. The molecule has 6 nitrogen and oxygen atoms in total. The Morgan fingerprint density at radius 3 is 2.79 bits per heavy atom. The van der Waals surface area contributed by atoms with Crippen molar-refractivity contribution in [2.24, 2.45) is 0 Å². The predicted octanol–water partition coefficient (Wildman–Crippen LogP) is 2.31. The van der Waals surface area contributed by atoms with E-state index in [-0.39, 0.29) is 35.2 Å². The van der Waals surface area contributed by atoms with Gasteiger partial charge in [0.05, 0.1) is 12.2 Å². The maximum absolute atomic E-state index is 11.9. The van der Waals surface area contributed by atoms with E-state index in [4.69, 9.17) is 9.15 Å². The van der Waals surface area contributed by atoms with Crippen LogP contribution in [0.4, 0.5) is 0 Å². The van der Waals surface area contributed by atoms with Crippen LogP contribution in [0, 0.1) is 0 Å². The first-order valence-electron chi connectivity index (χ1n) is 7.62. The van der Waals surface area contributed by atoms with E-state index in [2.05, 4.69) is 0 Å². The molecule has 6 heteroatoms. The molecule has 0 saturated carbocycles. The Bertz CT molecular complexity index is 862. The number of aliphatic hydroxyl groups excluding tert-OH is 1. The van der Waals surface area contributed by atoms with E-state index in [1.165, 1.54) is 6.07 Å². The van der Waals surface area contributed by atoms with Crippen LogP contribution in [0.2, 0.25) is 0 Å². The molecule has 3 unspecified atom stereocenters. The lowest BCUT2D eigenvalue weighted by atomic mass is 10.1. The number of aromatic hydroxyl groups is 2. The van der Waals surface area contributed by atoms with Gasteiger partial charge in [-0.1, -0.05) is 18.2 Å². The quantitative estimate of drug-likeness (QED) is 0.574. The summed E-state index contributed by atoms with van der Waals surface area (Å²) in [7, 11) is 0. The fraction of sp³-hybridized carbons (Fsp3) is 0.278. The number of hydrogen-bond acceptors (Lipinski definition) is 6. The van der Waals surface area contributed by atoms with E-state index < -0.39 is 5.63 Å².